The summed E-state index contributed by atoms with van der Waals surface area (Å²) >= 11 is 5.85. The summed E-state index contributed by atoms with van der Waals surface area (Å²) < 4.78 is 54.9. The van der Waals surface area contributed by atoms with E-state index in [1.54, 1.807) is 19.2 Å². The Morgan fingerprint density at radius 1 is 1.22 bits per heavy atom. The number of aliphatic imine (C=N–C) groups is 1. The molecule has 0 atom stereocenters. The minimum atomic E-state index is -4.73. The van der Waals surface area contributed by atoms with Gasteiger partial charge in [-0.2, -0.15) is 13.2 Å². The number of rotatable bonds is 6. The molecule has 0 saturated carbocycles. The van der Waals surface area contributed by atoms with Gasteiger partial charge in [0.1, 0.15) is 17.3 Å². The second-order valence-corrected chi connectivity index (χ2v) is 7.20. The van der Waals surface area contributed by atoms with Crippen molar-refractivity contribution in [3.8, 4) is 5.69 Å². The Bertz CT molecular complexity index is 1190. The molecule has 0 amide bonds. The van der Waals surface area contributed by atoms with Gasteiger partial charge >= 0.3 is 6.18 Å². The van der Waals surface area contributed by atoms with Gasteiger partial charge in [-0.25, -0.2) is 14.4 Å². The topological polar surface area (TPSA) is 68.2 Å². The van der Waals surface area contributed by atoms with Crippen LogP contribution in [0, 0.1) is 12.7 Å². The van der Waals surface area contributed by atoms with Gasteiger partial charge in [0.05, 0.1) is 23.4 Å². The van der Waals surface area contributed by atoms with Crippen molar-refractivity contribution in [3.63, 3.8) is 0 Å². The first-order chi connectivity index (χ1) is 15.0. The summed E-state index contributed by atoms with van der Waals surface area (Å²) in [5, 5.41) is 3.17. The van der Waals surface area contributed by atoms with Crippen LogP contribution in [-0.2, 0) is 0 Å². The molecule has 0 radical (unpaired) electrons. The maximum absolute atomic E-state index is 14.5. The van der Waals surface area contributed by atoms with Gasteiger partial charge in [0.25, 0.3) is 0 Å². The van der Waals surface area contributed by atoms with Crippen molar-refractivity contribution in [1.29, 1.82) is 0 Å². The van der Waals surface area contributed by atoms with Crippen molar-refractivity contribution < 1.29 is 17.6 Å². The number of alkyl halides is 3. The quantitative estimate of drug-likeness (QED) is 0.361. The molecule has 0 unspecified atom stereocenters. The van der Waals surface area contributed by atoms with E-state index in [2.05, 4.69) is 21.9 Å². The largest absolute Gasteiger partial charge is 0.430 e. The third-order valence-electron chi connectivity index (χ3n) is 4.24. The Morgan fingerprint density at radius 2 is 1.91 bits per heavy atom. The molecule has 0 fully saturated rings. The van der Waals surface area contributed by atoms with Crippen molar-refractivity contribution in [2.45, 2.75) is 13.1 Å². The van der Waals surface area contributed by atoms with E-state index in [9.17, 15) is 17.6 Å². The molecule has 1 heterocycles. The molecule has 0 aliphatic heterocycles. The first-order valence-corrected chi connectivity index (χ1v) is 9.56. The number of imidazole rings is 1. The van der Waals surface area contributed by atoms with Crippen molar-refractivity contribution in [2.75, 3.05) is 5.32 Å². The van der Waals surface area contributed by atoms with Gasteiger partial charge in [-0.05, 0) is 43.3 Å². The minimum Gasteiger partial charge on any atom is -0.395 e. The minimum absolute atomic E-state index is 0.0215. The molecule has 0 aliphatic rings. The van der Waals surface area contributed by atoms with E-state index in [4.69, 9.17) is 17.3 Å². The van der Waals surface area contributed by atoms with E-state index in [0.29, 0.717) is 22.3 Å². The number of nitrogens with two attached hydrogens (primary N) is 1. The molecule has 0 saturated heterocycles. The third kappa shape index (κ3) is 5.76. The lowest BCUT2D eigenvalue weighted by Gasteiger charge is -2.11. The highest BCUT2D eigenvalue weighted by Gasteiger charge is 2.31. The lowest BCUT2D eigenvalue weighted by atomic mass is 10.1. The first-order valence-electron chi connectivity index (χ1n) is 9.18. The predicted molar refractivity (Wildman–Crippen MR) is 117 cm³/mol. The van der Waals surface area contributed by atoms with Gasteiger partial charge in [0.2, 0.25) is 0 Å². The number of nitrogens with one attached hydrogen (secondary N) is 1. The van der Waals surface area contributed by atoms with Gasteiger partial charge in [-0.15, -0.1) is 0 Å². The third-order valence-corrected chi connectivity index (χ3v) is 4.49. The van der Waals surface area contributed by atoms with Gasteiger partial charge in [0, 0.05) is 22.5 Å². The molecule has 3 N–H and O–H groups in total. The van der Waals surface area contributed by atoms with Gasteiger partial charge < -0.3 is 15.6 Å². The first kappa shape index (κ1) is 23.1. The van der Waals surface area contributed by atoms with Crippen LogP contribution in [0.4, 0.5) is 23.2 Å². The van der Waals surface area contributed by atoms with E-state index in [0.717, 1.165) is 5.69 Å². The Balaban J connectivity index is 1.88. The average molecular weight is 464 g/mol. The van der Waals surface area contributed by atoms with Crippen LogP contribution in [0.2, 0.25) is 5.02 Å². The Hall–Kier alpha value is -3.59. The number of benzene rings is 2. The number of anilines is 1. The molecule has 32 heavy (non-hydrogen) atoms. The molecule has 0 bridgehead atoms. The van der Waals surface area contributed by atoms with E-state index >= 15 is 0 Å². The fourth-order valence-corrected chi connectivity index (χ4v) is 2.84. The molecule has 0 aliphatic carbocycles. The molecular weight excluding hydrogens is 446 g/mol. The molecule has 0 spiro atoms. The summed E-state index contributed by atoms with van der Waals surface area (Å²) in [4.78, 5) is 8.17. The standard InChI is InChI=1S/C22H18ClF4N5/c1-13-11-32(12-29-13)20-8-7-17(9-18(20)24)30-14(2)31-19(10-21(28)22(25,26)27)15-3-5-16(23)6-4-15/h3-12,30H,2,28H2,1H3/b21-10-,31-19?. The van der Waals surface area contributed by atoms with E-state index < -0.39 is 17.7 Å². The maximum Gasteiger partial charge on any atom is 0.430 e. The van der Waals surface area contributed by atoms with E-state index in [-0.39, 0.29) is 17.2 Å². The fraction of sp³-hybridized carbons (Fsp3) is 0.0909. The van der Waals surface area contributed by atoms with Crippen LogP contribution in [0.15, 0.2) is 84.2 Å². The van der Waals surface area contributed by atoms with Crippen LogP contribution in [0.3, 0.4) is 0 Å². The van der Waals surface area contributed by atoms with E-state index in [1.807, 2.05) is 0 Å². The van der Waals surface area contributed by atoms with Crippen LogP contribution >= 0.6 is 11.6 Å². The van der Waals surface area contributed by atoms with E-state index in [1.165, 1.54) is 47.3 Å². The summed E-state index contributed by atoms with van der Waals surface area (Å²) in [5.74, 6) is -0.560. The van der Waals surface area contributed by atoms with Crippen LogP contribution in [0.5, 0.6) is 0 Å². The Kier molecular flexibility index (Phi) is 6.69. The summed E-state index contributed by atoms with van der Waals surface area (Å²) in [7, 11) is 0. The Labute approximate surface area is 186 Å². The summed E-state index contributed by atoms with van der Waals surface area (Å²) in [6, 6.07) is 10.3. The molecule has 10 heteroatoms. The molecular formula is C22H18ClF4N5. The smallest absolute Gasteiger partial charge is 0.395 e. The van der Waals surface area contributed by atoms with Crippen molar-refractivity contribution in [2.24, 2.45) is 10.7 Å². The summed E-state index contributed by atoms with van der Waals surface area (Å²) in [6.45, 7) is 5.48. The monoisotopic (exact) mass is 463 g/mol. The van der Waals surface area contributed by atoms with Gasteiger partial charge in [-0.1, -0.05) is 30.3 Å². The van der Waals surface area contributed by atoms with Crippen molar-refractivity contribution in [3.05, 3.63) is 101 Å². The highest BCUT2D eigenvalue weighted by molar-refractivity contribution is 6.30. The van der Waals surface area contributed by atoms with Crippen LogP contribution in [-0.4, -0.2) is 21.4 Å². The number of allylic oxidation sites excluding steroid dienone is 2. The number of aromatic nitrogens is 2. The number of nitrogens with zero attached hydrogens (tertiary/aromatic N) is 3. The molecule has 3 rings (SSSR count). The fourth-order valence-electron chi connectivity index (χ4n) is 2.72. The maximum atomic E-state index is 14.5. The van der Waals surface area contributed by atoms with Crippen LogP contribution in [0.25, 0.3) is 5.69 Å². The highest BCUT2D eigenvalue weighted by atomic mass is 35.5. The van der Waals surface area contributed by atoms with Gasteiger partial charge in [-0.3, -0.25) is 0 Å². The van der Waals surface area contributed by atoms with Crippen molar-refractivity contribution >= 4 is 23.0 Å². The second-order valence-electron chi connectivity index (χ2n) is 6.76. The molecule has 166 valence electrons. The molecule has 1 aromatic heterocycles. The molecule has 3 aromatic rings. The number of halogens is 5. The zero-order chi connectivity index (χ0) is 23.5. The number of hydrogen-bond acceptors (Lipinski definition) is 4. The summed E-state index contributed by atoms with van der Waals surface area (Å²) in [5.41, 5.74) is 5.39. The lowest BCUT2D eigenvalue weighted by Crippen LogP contribution is -2.21. The van der Waals surface area contributed by atoms with Crippen molar-refractivity contribution in [1.82, 2.24) is 9.55 Å². The zero-order valence-electron chi connectivity index (χ0n) is 16.8. The highest BCUT2D eigenvalue weighted by Crippen LogP contribution is 2.23. The number of hydrogen-bond donors (Lipinski definition) is 2. The SMILES string of the molecule is C=C(N=C(/C=C(\N)C(F)(F)F)c1ccc(Cl)cc1)Nc1ccc(-n2cnc(C)c2)c(F)c1. The number of aryl methyl sites for hydroxylation is 1. The van der Waals surface area contributed by atoms with Crippen LogP contribution < -0.4 is 11.1 Å². The summed E-state index contributed by atoms with van der Waals surface area (Å²) in [6.07, 6.45) is -0.877. The lowest BCUT2D eigenvalue weighted by molar-refractivity contribution is -0.0925. The molecule has 5 nitrogen and oxygen atoms in total. The second kappa shape index (κ2) is 9.27. The molecule has 2 aromatic carbocycles. The zero-order valence-corrected chi connectivity index (χ0v) is 17.5. The average Bonchev–Trinajstić information content (AvgIpc) is 3.13. The Morgan fingerprint density at radius 3 is 2.47 bits per heavy atom. The predicted octanol–water partition coefficient (Wildman–Crippen LogP) is 5.75. The normalized spacial score (nSPS) is 12.7. The van der Waals surface area contributed by atoms with Gasteiger partial charge in [0.15, 0.2) is 0 Å². The van der Waals surface area contributed by atoms with Crippen LogP contribution in [0.1, 0.15) is 11.3 Å².